The third kappa shape index (κ3) is 4.31. The molecule has 0 bridgehead atoms. The summed E-state index contributed by atoms with van der Waals surface area (Å²) in [7, 11) is 3.23. The number of ether oxygens (including phenoxy) is 2. The van der Waals surface area contributed by atoms with Crippen molar-refractivity contribution in [2.45, 2.75) is 5.92 Å². The molecule has 1 heterocycles. The number of phenolic OH excluding ortho intramolecular Hbond substituents is 2. The highest BCUT2D eigenvalue weighted by Crippen LogP contribution is 2.49. The van der Waals surface area contributed by atoms with Crippen molar-refractivity contribution in [2.75, 3.05) is 14.2 Å². The molecule has 39 heavy (non-hydrogen) atoms. The van der Waals surface area contributed by atoms with E-state index in [1.807, 2.05) is 78.9 Å². The number of benzene rings is 5. The van der Waals surface area contributed by atoms with Gasteiger partial charge < -0.3 is 24.7 Å². The van der Waals surface area contributed by atoms with Gasteiger partial charge in [-0.1, -0.05) is 60.1 Å². The van der Waals surface area contributed by atoms with Crippen LogP contribution >= 0.6 is 11.6 Å². The molecule has 0 amide bonds. The zero-order valence-electron chi connectivity index (χ0n) is 21.4. The summed E-state index contributed by atoms with van der Waals surface area (Å²) in [4.78, 5) is 3.61. The van der Waals surface area contributed by atoms with Crippen molar-refractivity contribution in [3.8, 4) is 34.1 Å². The summed E-state index contributed by atoms with van der Waals surface area (Å²) < 4.78 is 11.1. The van der Waals surface area contributed by atoms with E-state index >= 15 is 0 Å². The minimum absolute atomic E-state index is 0.119. The van der Waals surface area contributed by atoms with E-state index in [1.165, 1.54) is 0 Å². The summed E-state index contributed by atoms with van der Waals surface area (Å²) in [6.45, 7) is 0. The molecule has 1 atom stereocenters. The van der Waals surface area contributed by atoms with Crippen molar-refractivity contribution in [3.05, 3.63) is 119 Å². The second-order valence-corrected chi connectivity index (χ2v) is 9.86. The number of fused-ring (bicyclic) bond motifs is 2. The minimum Gasteiger partial charge on any atom is -0.508 e. The largest absolute Gasteiger partial charge is 0.508 e. The molecule has 0 fully saturated rings. The second kappa shape index (κ2) is 9.93. The van der Waals surface area contributed by atoms with E-state index in [2.05, 4.69) is 4.98 Å². The van der Waals surface area contributed by atoms with Crippen LogP contribution in [0.3, 0.4) is 0 Å². The third-order valence-corrected chi connectivity index (χ3v) is 7.44. The normalized spacial score (nSPS) is 12.1. The number of aromatic hydroxyl groups is 2. The molecule has 0 saturated carbocycles. The second-order valence-electron chi connectivity index (χ2n) is 9.42. The fourth-order valence-corrected chi connectivity index (χ4v) is 5.58. The Morgan fingerprint density at radius 1 is 0.692 bits per heavy atom. The van der Waals surface area contributed by atoms with Crippen molar-refractivity contribution in [1.29, 1.82) is 0 Å². The number of halogens is 1. The molecule has 5 nitrogen and oxygen atoms in total. The van der Waals surface area contributed by atoms with Gasteiger partial charge >= 0.3 is 0 Å². The summed E-state index contributed by atoms with van der Waals surface area (Å²) in [5.74, 6) is 1.10. The van der Waals surface area contributed by atoms with E-state index in [0.29, 0.717) is 27.6 Å². The van der Waals surface area contributed by atoms with Crippen LogP contribution in [0.15, 0.2) is 97.1 Å². The quantitative estimate of drug-likeness (QED) is 0.201. The van der Waals surface area contributed by atoms with Crippen LogP contribution in [0.1, 0.15) is 22.7 Å². The van der Waals surface area contributed by atoms with Crippen molar-refractivity contribution in [1.82, 2.24) is 4.98 Å². The number of hydrogen-bond acceptors (Lipinski definition) is 4. The first-order chi connectivity index (χ1) is 19.0. The van der Waals surface area contributed by atoms with Crippen LogP contribution in [0.25, 0.3) is 32.8 Å². The Morgan fingerprint density at radius 3 is 2.28 bits per heavy atom. The molecule has 0 aliphatic rings. The van der Waals surface area contributed by atoms with Gasteiger partial charge in [0.05, 0.1) is 20.1 Å². The molecule has 6 rings (SSSR count). The Labute approximate surface area is 230 Å². The lowest BCUT2D eigenvalue weighted by Gasteiger charge is -2.22. The van der Waals surface area contributed by atoms with E-state index < -0.39 is 5.92 Å². The maximum atomic E-state index is 11.3. The molecule has 194 valence electrons. The lowest BCUT2D eigenvalue weighted by atomic mass is 9.83. The average molecular weight is 536 g/mol. The van der Waals surface area contributed by atoms with E-state index in [9.17, 15) is 10.2 Å². The summed E-state index contributed by atoms with van der Waals surface area (Å²) >= 11 is 6.43. The predicted molar refractivity (Wildman–Crippen MR) is 157 cm³/mol. The Balaban J connectivity index is 1.76. The highest BCUT2D eigenvalue weighted by Gasteiger charge is 2.29. The lowest BCUT2D eigenvalue weighted by molar-refractivity contribution is 0.410. The average Bonchev–Trinajstić information content (AvgIpc) is 3.31. The molecular weight excluding hydrogens is 510 g/mol. The Kier molecular flexibility index (Phi) is 6.29. The summed E-state index contributed by atoms with van der Waals surface area (Å²) in [5.41, 5.74) is 4.65. The van der Waals surface area contributed by atoms with Crippen LogP contribution in [0.2, 0.25) is 5.02 Å². The van der Waals surface area contributed by atoms with Crippen LogP contribution in [-0.4, -0.2) is 29.4 Å². The van der Waals surface area contributed by atoms with Gasteiger partial charge in [0.15, 0.2) is 0 Å². The van der Waals surface area contributed by atoms with Crippen molar-refractivity contribution in [3.63, 3.8) is 0 Å². The predicted octanol–water partition coefficient (Wildman–Crippen LogP) is 8.25. The molecule has 0 spiro atoms. The number of methoxy groups -OCH3 is 2. The molecule has 0 aliphatic heterocycles. The number of rotatable bonds is 6. The van der Waals surface area contributed by atoms with Gasteiger partial charge in [-0.2, -0.15) is 0 Å². The van der Waals surface area contributed by atoms with E-state index in [0.717, 1.165) is 38.5 Å². The molecule has 0 unspecified atom stereocenters. The molecule has 0 aliphatic carbocycles. The maximum absolute atomic E-state index is 11.3. The standard InChI is InChI=1S/C33H26ClNO4/c1-38-22-8-5-7-20(16-22)30(26-18-23(39-2)12-15-28(26)36)33-32(25-13-11-21(34)17-27(25)35-33)31-24-9-4-3-6-19(24)10-14-29(31)37/h3-18,30,35-37H,1-2H3/t30-/m1/s1. The third-order valence-electron chi connectivity index (χ3n) is 7.21. The van der Waals surface area contributed by atoms with Gasteiger partial charge in [0, 0.05) is 38.3 Å². The summed E-state index contributed by atoms with van der Waals surface area (Å²) in [5, 5.41) is 25.9. The van der Waals surface area contributed by atoms with E-state index in [-0.39, 0.29) is 11.5 Å². The lowest BCUT2D eigenvalue weighted by Crippen LogP contribution is -2.07. The molecule has 1 aromatic heterocycles. The number of phenols is 2. The van der Waals surface area contributed by atoms with Gasteiger partial charge in [0.2, 0.25) is 0 Å². The molecular formula is C33H26ClNO4. The number of aromatic nitrogens is 1. The van der Waals surface area contributed by atoms with Gasteiger partial charge in [-0.3, -0.25) is 0 Å². The van der Waals surface area contributed by atoms with E-state index in [1.54, 1.807) is 32.4 Å². The van der Waals surface area contributed by atoms with Gasteiger partial charge in [-0.05, 0) is 64.9 Å². The van der Waals surface area contributed by atoms with Crippen molar-refractivity contribution < 1.29 is 19.7 Å². The Hall–Kier alpha value is -4.61. The fraction of sp³-hybridized carbons (Fsp3) is 0.0909. The zero-order valence-corrected chi connectivity index (χ0v) is 22.2. The molecule has 0 radical (unpaired) electrons. The zero-order chi connectivity index (χ0) is 27.1. The molecule has 5 aromatic carbocycles. The number of hydrogen-bond donors (Lipinski definition) is 3. The smallest absolute Gasteiger partial charge is 0.124 e. The van der Waals surface area contributed by atoms with Crippen LogP contribution in [0.5, 0.6) is 23.0 Å². The van der Waals surface area contributed by atoms with Crippen LogP contribution in [-0.2, 0) is 0 Å². The summed E-state index contributed by atoms with van der Waals surface area (Å²) in [6, 6.07) is 30.2. The van der Waals surface area contributed by atoms with Crippen molar-refractivity contribution in [2.24, 2.45) is 0 Å². The number of aromatic amines is 1. The van der Waals surface area contributed by atoms with Gasteiger partial charge in [-0.25, -0.2) is 0 Å². The topological polar surface area (TPSA) is 74.7 Å². The minimum atomic E-state index is -0.477. The maximum Gasteiger partial charge on any atom is 0.124 e. The first-order valence-corrected chi connectivity index (χ1v) is 12.9. The van der Waals surface area contributed by atoms with Gasteiger partial charge in [0.1, 0.15) is 23.0 Å². The summed E-state index contributed by atoms with van der Waals surface area (Å²) in [6.07, 6.45) is 0. The van der Waals surface area contributed by atoms with E-state index in [4.69, 9.17) is 21.1 Å². The van der Waals surface area contributed by atoms with Crippen LogP contribution < -0.4 is 9.47 Å². The van der Waals surface area contributed by atoms with Gasteiger partial charge in [0.25, 0.3) is 0 Å². The monoisotopic (exact) mass is 535 g/mol. The van der Waals surface area contributed by atoms with Gasteiger partial charge in [-0.15, -0.1) is 0 Å². The highest BCUT2D eigenvalue weighted by molar-refractivity contribution is 6.31. The molecule has 0 saturated heterocycles. The first kappa shape index (κ1) is 24.7. The molecule has 3 N–H and O–H groups in total. The van der Waals surface area contributed by atoms with Crippen LogP contribution in [0.4, 0.5) is 0 Å². The fourth-order valence-electron chi connectivity index (χ4n) is 5.41. The Bertz CT molecular complexity index is 1840. The number of nitrogens with one attached hydrogen (secondary N) is 1. The Morgan fingerprint density at radius 2 is 1.46 bits per heavy atom. The molecule has 6 heteroatoms. The van der Waals surface area contributed by atoms with Crippen LogP contribution in [0, 0.1) is 0 Å². The first-order valence-electron chi connectivity index (χ1n) is 12.5. The SMILES string of the molecule is COc1cccc([C@H](c2cc(OC)ccc2O)c2[nH]c3cc(Cl)ccc3c2-c2c(O)ccc3ccccc23)c1. The van der Waals surface area contributed by atoms with Crippen molar-refractivity contribution >= 4 is 33.3 Å². The number of H-pyrrole nitrogens is 1. The molecule has 6 aromatic rings. The highest BCUT2D eigenvalue weighted by atomic mass is 35.5.